The van der Waals surface area contributed by atoms with Gasteiger partial charge in [0.05, 0.1) is 34.4 Å². The molecule has 2 rings (SSSR count). The Morgan fingerprint density at radius 1 is 0.806 bits per heavy atom. The average molecular weight is 513 g/mol. The molecule has 0 aromatic heterocycles. The molecule has 10 heteroatoms. The number of hydrogen-bond donors (Lipinski definition) is 1. The largest absolute Gasteiger partial charge is 0.417 e. The van der Waals surface area contributed by atoms with E-state index in [1.807, 2.05) is 39.5 Å². The van der Waals surface area contributed by atoms with Gasteiger partial charge in [0.1, 0.15) is 0 Å². The smallest absolute Gasteiger partial charge is 0.383 e. The van der Waals surface area contributed by atoms with Crippen molar-refractivity contribution in [3.63, 3.8) is 0 Å². The van der Waals surface area contributed by atoms with Gasteiger partial charge in [-0.25, -0.2) is 0 Å². The lowest BCUT2D eigenvalue weighted by atomic mass is 10.1. The molecule has 0 bridgehead atoms. The predicted octanol–water partition coefficient (Wildman–Crippen LogP) is 7.99. The predicted molar refractivity (Wildman–Crippen MR) is 128 cm³/mol. The van der Waals surface area contributed by atoms with E-state index in [1.165, 1.54) is 18.2 Å². The van der Waals surface area contributed by atoms with Gasteiger partial charge in [0.15, 0.2) is 0 Å². The van der Waals surface area contributed by atoms with Gasteiger partial charge in [-0.15, -0.1) is 0 Å². The van der Waals surface area contributed by atoms with Crippen LogP contribution in [-0.4, -0.2) is 18.6 Å². The van der Waals surface area contributed by atoms with Crippen LogP contribution >= 0.6 is 0 Å². The van der Waals surface area contributed by atoms with E-state index in [0.29, 0.717) is 17.9 Å². The second-order valence-corrected chi connectivity index (χ2v) is 8.21. The van der Waals surface area contributed by atoms with Crippen molar-refractivity contribution in [1.82, 2.24) is 0 Å². The number of rotatable bonds is 7. The van der Waals surface area contributed by atoms with E-state index >= 15 is 0 Å². The summed E-state index contributed by atoms with van der Waals surface area (Å²) in [7, 11) is 0. The van der Waals surface area contributed by atoms with Gasteiger partial charge >= 0.3 is 12.4 Å². The standard InChI is InChI=1S/C14H17F3N2.C12H13F3N2/c1-4-10(3)19(5-2)12-7-6-11(9-18)13(8-12)14(15,16)17;1-3-8(2)17-10-5-4-9(7-16)11(6-10)12(13,14)15/h6-8,10H,4-5H2,1-3H3;4-6,8,17H,3H2,1-2H3/t10-;8-/m00/s1. The lowest BCUT2D eigenvalue weighted by Gasteiger charge is -2.30. The molecule has 0 saturated carbocycles. The summed E-state index contributed by atoms with van der Waals surface area (Å²) < 4.78 is 76.7. The Labute approximate surface area is 208 Å². The van der Waals surface area contributed by atoms with Crippen LogP contribution in [0.5, 0.6) is 0 Å². The topological polar surface area (TPSA) is 62.9 Å². The third-order valence-corrected chi connectivity index (χ3v) is 5.70. The molecule has 0 aliphatic heterocycles. The van der Waals surface area contributed by atoms with Gasteiger partial charge in [0.2, 0.25) is 0 Å². The molecule has 2 aromatic rings. The molecule has 0 aliphatic rings. The lowest BCUT2D eigenvalue weighted by Crippen LogP contribution is -2.32. The quantitative estimate of drug-likeness (QED) is 0.382. The summed E-state index contributed by atoms with van der Waals surface area (Å²) >= 11 is 0. The van der Waals surface area contributed by atoms with Crippen molar-refractivity contribution in [2.24, 2.45) is 0 Å². The summed E-state index contributed by atoms with van der Waals surface area (Å²) in [5, 5.41) is 20.3. The van der Waals surface area contributed by atoms with E-state index < -0.39 is 23.5 Å². The Kier molecular flexibility index (Phi) is 11.1. The van der Waals surface area contributed by atoms with Crippen LogP contribution in [0.4, 0.5) is 37.7 Å². The van der Waals surface area contributed by atoms with E-state index in [2.05, 4.69) is 5.32 Å². The van der Waals surface area contributed by atoms with Crippen LogP contribution in [0.25, 0.3) is 0 Å². The number of benzene rings is 2. The molecule has 0 heterocycles. The summed E-state index contributed by atoms with van der Waals surface area (Å²) in [4.78, 5) is 1.90. The molecule has 196 valence electrons. The fraction of sp³-hybridized carbons (Fsp3) is 0.462. The van der Waals surface area contributed by atoms with Gasteiger partial charge in [-0.05, 0) is 70.0 Å². The normalized spacial score (nSPS) is 12.9. The molecule has 4 nitrogen and oxygen atoms in total. The molecule has 0 aliphatic carbocycles. The summed E-state index contributed by atoms with van der Waals surface area (Å²) in [5.74, 6) is 0. The van der Waals surface area contributed by atoms with Crippen molar-refractivity contribution in [2.75, 3.05) is 16.8 Å². The van der Waals surface area contributed by atoms with Crippen molar-refractivity contribution in [3.8, 4) is 12.1 Å². The third kappa shape index (κ3) is 8.37. The Bertz CT molecular complexity index is 1080. The Morgan fingerprint density at radius 2 is 1.31 bits per heavy atom. The number of halogens is 6. The van der Waals surface area contributed by atoms with Crippen LogP contribution in [0.2, 0.25) is 0 Å². The van der Waals surface area contributed by atoms with Gasteiger partial charge in [-0.3, -0.25) is 0 Å². The number of nitrogens with one attached hydrogen (secondary N) is 1. The molecule has 1 N–H and O–H groups in total. The fourth-order valence-electron chi connectivity index (χ4n) is 3.36. The van der Waals surface area contributed by atoms with Gasteiger partial charge in [-0.1, -0.05) is 13.8 Å². The van der Waals surface area contributed by atoms with Crippen LogP contribution < -0.4 is 10.2 Å². The van der Waals surface area contributed by atoms with Gasteiger partial charge in [0.25, 0.3) is 0 Å². The highest BCUT2D eigenvalue weighted by Gasteiger charge is 2.35. The van der Waals surface area contributed by atoms with E-state index in [-0.39, 0.29) is 23.2 Å². The van der Waals surface area contributed by atoms with Crippen molar-refractivity contribution in [3.05, 3.63) is 58.7 Å². The molecule has 0 unspecified atom stereocenters. The first-order valence-electron chi connectivity index (χ1n) is 11.5. The Morgan fingerprint density at radius 3 is 1.72 bits per heavy atom. The number of alkyl halides is 6. The Balaban J connectivity index is 0.000000362. The molecule has 0 radical (unpaired) electrons. The number of nitrogens with zero attached hydrogens (tertiary/aromatic N) is 3. The number of hydrogen-bond acceptors (Lipinski definition) is 4. The molecule has 0 spiro atoms. The third-order valence-electron chi connectivity index (χ3n) is 5.70. The maximum absolute atomic E-state index is 12.9. The first kappa shape index (κ1) is 30.6. The molecule has 36 heavy (non-hydrogen) atoms. The molecule has 2 atom stereocenters. The number of nitriles is 2. The minimum absolute atomic E-state index is 0.0871. The van der Waals surface area contributed by atoms with Gasteiger partial charge in [0, 0.05) is 30.0 Å². The first-order valence-corrected chi connectivity index (χ1v) is 11.5. The van der Waals surface area contributed by atoms with Crippen molar-refractivity contribution in [2.45, 2.75) is 71.9 Å². The highest BCUT2D eigenvalue weighted by molar-refractivity contribution is 5.55. The first-order chi connectivity index (χ1) is 16.7. The zero-order valence-electron chi connectivity index (χ0n) is 20.8. The molecular formula is C26H30F6N4. The molecule has 2 aromatic carbocycles. The van der Waals surface area contributed by atoms with E-state index in [9.17, 15) is 26.3 Å². The second kappa shape index (κ2) is 13.1. The minimum Gasteiger partial charge on any atom is -0.383 e. The summed E-state index contributed by atoms with van der Waals surface area (Å²) in [5.41, 5.74) is -1.57. The van der Waals surface area contributed by atoms with Crippen LogP contribution in [-0.2, 0) is 12.4 Å². The summed E-state index contributed by atoms with van der Waals surface area (Å²) in [6.45, 7) is 10.3. The van der Waals surface area contributed by atoms with Crippen LogP contribution in [0.3, 0.4) is 0 Å². The monoisotopic (exact) mass is 512 g/mol. The van der Waals surface area contributed by atoms with Crippen molar-refractivity contribution >= 4 is 11.4 Å². The summed E-state index contributed by atoms with van der Waals surface area (Å²) in [6.07, 6.45) is -7.36. The highest BCUT2D eigenvalue weighted by atomic mass is 19.4. The SMILES string of the molecule is CC[C@H](C)N(CC)c1ccc(C#N)c(C(F)(F)F)c1.CC[C@H](C)Nc1ccc(C#N)c(C(F)(F)F)c1. The van der Waals surface area contributed by atoms with E-state index in [1.54, 1.807) is 18.2 Å². The maximum Gasteiger partial charge on any atom is 0.417 e. The number of anilines is 2. The van der Waals surface area contributed by atoms with Gasteiger partial charge < -0.3 is 10.2 Å². The lowest BCUT2D eigenvalue weighted by molar-refractivity contribution is -0.138. The molecule has 0 saturated heterocycles. The van der Waals surface area contributed by atoms with Crippen LogP contribution in [0, 0.1) is 22.7 Å². The zero-order valence-corrected chi connectivity index (χ0v) is 20.8. The second-order valence-electron chi connectivity index (χ2n) is 8.21. The van der Waals surface area contributed by atoms with E-state index in [4.69, 9.17) is 10.5 Å². The minimum atomic E-state index is -4.50. The molecule has 0 amide bonds. The molecule has 0 fully saturated rings. The van der Waals surface area contributed by atoms with Crippen LogP contribution in [0.1, 0.15) is 69.7 Å². The van der Waals surface area contributed by atoms with Crippen molar-refractivity contribution < 1.29 is 26.3 Å². The molecular weight excluding hydrogens is 482 g/mol. The highest BCUT2D eigenvalue weighted by Crippen LogP contribution is 2.35. The fourth-order valence-corrected chi connectivity index (χ4v) is 3.36. The van der Waals surface area contributed by atoms with Gasteiger partial charge in [-0.2, -0.15) is 36.9 Å². The van der Waals surface area contributed by atoms with Crippen LogP contribution in [0.15, 0.2) is 36.4 Å². The summed E-state index contributed by atoms with van der Waals surface area (Å²) in [6, 6.07) is 10.9. The maximum atomic E-state index is 12.9. The van der Waals surface area contributed by atoms with Crippen molar-refractivity contribution in [1.29, 1.82) is 10.5 Å². The Hall–Kier alpha value is -3.40. The zero-order chi connectivity index (χ0) is 27.7. The average Bonchev–Trinajstić information content (AvgIpc) is 2.83. The van der Waals surface area contributed by atoms with E-state index in [0.717, 1.165) is 25.0 Å².